The van der Waals surface area contributed by atoms with Crippen molar-refractivity contribution in [1.82, 2.24) is 14.9 Å². The van der Waals surface area contributed by atoms with E-state index in [4.69, 9.17) is 10.5 Å². The molecular weight excluding hydrogens is 346 g/mol. The molecule has 1 amide bonds. The molecule has 0 bridgehead atoms. The van der Waals surface area contributed by atoms with Crippen molar-refractivity contribution in [1.29, 1.82) is 0 Å². The van der Waals surface area contributed by atoms with Crippen molar-refractivity contribution in [3.05, 3.63) is 41.6 Å². The standard InChI is InChI=1S/C19H23N5O3/c1-12(25)24-9-7-14(8-10-24)22-19-21-11-16(18(20)23-19)17(26)13-3-5-15(27-2)6-4-13/h3-6,11,14H,7-10H2,1-2H3,(H3,20,21,22,23). The number of aromatic nitrogens is 2. The maximum Gasteiger partial charge on any atom is 0.224 e. The molecule has 0 saturated carbocycles. The number of likely N-dealkylation sites (tertiary alicyclic amines) is 1. The molecular formula is C19H23N5O3. The number of hydrogen-bond donors (Lipinski definition) is 2. The number of anilines is 2. The van der Waals surface area contributed by atoms with Crippen LogP contribution in [0.3, 0.4) is 0 Å². The molecule has 0 unspecified atom stereocenters. The van der Waals surface area contributed by atoms with Crippen LogP contribution in [0, 0.1) is 0 Å². The normalized spacial score (nSPS) is 14.7. The van der Waals surface area contributed by atoms with Crippen molar-refractivity contribution < 1.29 is 14.3 Å². The zero-order chi connectivity index (χ0) is 19.4. The van der Waals surface area contributed by atoms with Gasteiger partial charge in [-0.3, -0.25) is 9.59 Å². The SMILES string of the molecule is COc1ccc(C(=O)c2cnc(NC3CCN(C(C)=O)CC3)nc2N)cc1. The summed E-state index contributed by atoms with van der Waals surface area (Å²) in [6.45, 7) is 2.99. The summed E-state index contributed by atoms with van der Waals surface area (Å²) in [6, 6.07) is 6.95. The average Bonchev–Trinajstić information content (AvgIpc) is 2.68. The first-order valence-electron chi connectivity index (χ1n) is 8.81. The van der Waals surface area contributed by atoms with E-state index in [1.165, 1.54) is 6.20 Å². The summed E-state index contributed by atoms with van der Waals surface area (Å²) in [4.78, 5) is 34.3. The summed E-state index contributed by atoms with van der Waals surface area (Å²) < 4.78 is 5.10. The van der Waals surface area contributed by atoms with Crippen molar-refractivity contribution in [3.63, 3.8) is 0 Å². The Labute approximate surface area is 157 Å². The van der Waals surface area contributed by atoms with Crippen molar-refractivity contribution in [2.75, 3.05) is 31.2 Å². The Morgan fingerprint density at radius 2 is 1.89 bits per heavy atom. The molecule has 2 heterocycles. The monoisotopic (exact) mass is 369 g/mol. The number of methoxy groups -OCH3 is 1. The molecule has 1 saturated heterocycles. The fraction of sp³-hybridized carbons (Fsp3) is 0.368. The number of hydrogen-bond acceptors (Lipinski definition) is 7. The van der Waals surface area contributed by atoms with Gasteiger partial charge in [-0.15, -0.1) is 0 Å². The molecule has 0 spiro atoms. The fourth-order valence-electron chi connectivity index (χ4n) is 3.06. The lowest BCUT2D eigenvalue weighted by Gasteiger charge is -2.31. The molecule has 1 fully saturated rings. The quantitative estimate of drug-likeness (QED) is 0.772. The first-order valence-corrected chi connectivity index (χ1v) is 8.81. The van der Waals surface area contributed by atoms with Crippen molar-refractivity contribution in [2.45, 2.75) is 25.8 Å². The number of benzene rings is 1. The molecule has 0 aliphatic carbocycles. The van der Waals surface area contributed by atoms with E-state index in [2.05, 4.69) is 15.3 Å². The molecule has 1 aromatic carbocycles. The summed E-state index contributed by atoms with van der Waals surface area (Å²) in [5, 5.41) is 3.23. The second kappa shape index (κ2) is 8.03. The minimum absolute atomic E-state index is 0.0929. The first kappa shape index (κ1) is 18.6. The number of amides is 1. The molecule has 1 aliphatic rings. The van der Waals surface area contributed by atoms with Gasteiger partial charge in [0.25, 0.3) is 0 Å². The van der Waals surface area contributed by atoms with Crippen LogP contribution in [-0.2, 0) is 4.79 Å². The van der Waals surface area contributed by atoms with E-state index in [0.717, 1.165) is 12.8 Å². The van der Waals surface area contributed by atoms with Gasteiger partial charge < -0.3 is 20.7 Å². The number of nitrogens with two attached hydrogens (primary N) is 1. The van der Waals surface area contributed by atoms with Gasteiger partial charge in [0.1, 0.15) is 11.6 Å². The Hall–Kier alpha value is -3.16. The number of piperidine rings is 1. The lowest BCUT2D eigenvalue weighted by molar-refractivity contribution is -0.129. The van der Waals surface area contributed by atoms with Gasteiger partial charge in [-0.05, 0) is 37.1 Å². The van der Waals surface area contributed by atoms with E-state index in [1.807, 2.05) is 4.90 Å². The summed E-state index contributed by atoms with van der Waals surface area (Å²) in [6.07, 6.45) is 3.08. The Bertz CT molecular complexity index is 830. The molecule has 27 heavy (non-hydrogen) atoms. The number of carbonyl (C=O) groups excluding carboxylic acids is 2. The van der Waals surface area contributed by atoms with E-state index in [-0.39, 0.29) is 29.1 Å². The average molecular weight is 369 g/mol. The lowest BCUT2D eigenvalue weighted by Crippen LogP contribution is -2.41. The molecule has 0 atom stereocenters. The third-order valence-corrected chi connectivity index (χ3v) is 4.69. The predicted octanol–water partition coefficient (Wildman–Crippen LogP) is 1.72. The summed E-state index contributed by atoms with van der Waals surface area (Å²) in [5.41, 5.74) is 6.74. The molecule has 0 radical (unpaired) electrons. The number of ether oxygens (including phenoxy) is 1. The van der Waals surface area contributed by atoms with Gasteiger partial charge in [0.05, 0.1) is 12.7 Å². The van der Waals surface area contributed by atoms with Crippen LogP contribution in [0.5, 0.6) is 5.75 Å². The molecule has 142 valence electrons. The third-order valence-electron chi connectivity index (χ3n) is 4.69. The van der Waals surface area contributed by atoms with E-state index >= 15 is 0 Å². The highest BCUT2D eigenvalue weighted by molar-refractivity contribution is 6.11. The van der Waals surface area contributed by atoms with E-state index in [0.29, 0.717) is 30.4 Å². The Morgan fingerprint density at radius 3 is 2.44 bits per heavy atom. The van der Waals surface area contributed by atoms with Crippen LogP contribution in [0.2, 0.25) is 0 Å². The highest BCUT2D eigenvalue weighted by Gasteiger charge is 2.22. The van der Waals surface area contributed by atoms with Crippen LogP contribution in [-0.4, -0.2) is 52.8 Å². The third kappa shape index (κ3) is 4.33. The van der Waals surface area contributed by atoms with E-state index in [1.54, 1.807) is 38.3 Å². The topological polar surface area (TPSA) is 110 Å². The number of carbonyl (C=O) groups is 2. The van der Waals surface area contributed by atoms with Gasteiger partial charge in [0.2, 0.25) is 11.9 Å². The van der Waals surface area contributed by atoms with Gasteiger partial charge in [-0.1, -0.05) is 0 Å². The molecule has 2 aromatic rings. The summed E-state index contributed by atoms with van der Waals surface area (Å²) in [5.74, 6) is 1.05. The van der Waals surface area contributed by atoms with Crippen molar-refractivity contribution in [3.8, 4) is 5.75 Å². The molecule has 3 rings (SSSR count). The number of rotatable bonds is 5. The molecule has 3 N–H and O–H groups in total. The smallest absolute Gasteiger partial charge is 0.224 e. The Kier molecular flexibility index (Phi) is 5.54. The minimum atomic E-state index is -0.239. The lowest BCUT2D eigenvalue weighted by atomic mass is 10.0. The zero-order valence-electron chi connectivity index (χ0n) is 15.4. The Morgan fingerprint density at radius 1 is 1.22 bits per heavy atom. The number of nitrogens with zero attached hydrogens (tertiary/aromatic N) is 3. The number of nitrogen functional groups attached to an aromatic ring is 1. The number of nitrogens with one attached hydrogen (secondary N) is 1. The van der Waals surface area contributed by atoms with Crippen LogP contribution >= 0.6 is 0 Å². The maximum atomic E-state index is 12.6. The fourth-order valence-corrected chi connectivity index (χ4v) is 3.06. The van der Waals surface area contributed by atoms with Gasteiger partial charge in [0, 0.05) is 37.8 Å². The van der Waals surface area contributed by atoms with Gasteiger partial charge in [-0.2, -0.15) is 4.98 Å². The first-order chi connectivity index (χ1) is 13.0. The Balaban J connectivity index is 1.66. The summed E-state index contributed by atoms with van der Waals surface area (Å²) >= 11 is 0. The molecule has 1 aromatic heterocycles. The van der Waals surface area contributed by atoms with Gasteiger partial charge in [-0.25, -0.2) is 4.98 Å². The summed E-state index contributed by atoms with van der Waals surface area (Å²) in [7, 11) is 1.57. The van der Waals surface area contributed by atoms with Gasteiger partial charge in [0.15, 0.2) is 5.78 Å². The van der Waals surface area contributed by atoms with Crippen LogP contribution in [0.25, 0.3) is 0 Å². The second-order valence-corrected chi connectivity index (χ2v) is 6.47. The number of ketones is 1. The second-order valence-electron chi connectivity index (χ2n) is 6.47. The van der Waals surface area contributed by atoms with E-state index in [9.17, 15) is 9.59 Å². The highest BCUT2D eigenvalue weighted by Crippen LogP contribution is 2.20. The predicted molar refractivity (Wildman–Crippen MR) is 102 cm³/mol. The van der Waals surface area contributed by atoms with Gasteiger partial charge >= 0.3 is 0 Å². The van der Waals surface area contributed by atoms with Crippen molar-refractivity contribution >= 4 is 23.5 Å². The van der Waals surface area contributed by atoms with Crippen LogP contribution in [0.15, 0.2) is 30.5 Å². The molecule has 8 heteroatoms. The van der Waals surface area contributed by atoms with Crippen LogP contribution in [0.1, 0.15) is 35.7 Å². The van der Waals surface area contributed by atoms with Crippen LogP contribution < -0.4 is 15.8 Å². The molecule has 8 nitrogen and oxygen atoms in total. The molecule has 1 aliphatic heterocycles. The van der Waals surface area contributed by atoms with E-state index < -0.39 is 0 Å². The minimum Gasteiger partial charge on any atom is -0.497 e. The van der Waals surface area contributed by atoms with Crippen molar-refractivity contribution in [2.24, 2.45) is 0 Å². The maximum absolute atomic E-state index is 12.6. The van der Waals surface area contributed by atoms with Crippen LogP contribution in [0.4, 0.5) is 11.8 Å². The zero-order valence-corrected chi connectivity index (χ0v) is 15.4. The highest BCUT2D eigenvalue weighted by atomic mass is 16.5. The largest absolute Gasteiger partial charge is 0.497 e.